The molecule has 2 heterocycles. The lowest BCUT2D eigenvalue weighted by Gasteiger charge is -2.34. The lowest BCUT2D eigenvalue weighted by atomic mass is 10.1. The van der Waals surface area contributed by atoms with E-state index >= 15 is 0 Å². The van der Waals surface area contributed by atoms with Gasteiger partial charge < -0.3 is 0 Å². The maximum absolute atomic E-state index is 13.2. The van der Waals surface area contributed by atoms with Gasteiger partial charge in [0.15, 0.2) is 0 Å². The fourth-order valence-electron chi connectivity index (χ4n) is 2.85. The quantitative estimate of drug-likeness (QED) is 0.870. The summed E-state index contributed by atoms with van der Waals surface area (Å²) < 4.78 is 13.2. The van der Waals surface area contributed by atoms with Gasteiger partial charge in [0.05, 0.1) is 17.8 Å². The van der Waals surface area contributed by atoms with E-state index in [9.17, 15) is 4.39 Å². The van der Waals surface area contributed by atoms with Crippen molar-refractivity contribution in [3.8, 4) is 6.07 Å². The molecule has 0 radical (unpaired) electrons. The van der Waals surface area contributed by atoms with Gasteiger partial charge >= 0.3 is 0 Å². The van der Waals surface area contributed by atoms with E-state index in [0.717, 1.165) is 44.8 Å². The maximum Gasteiger partial charge on any atom is 0.141 e. The van der Waals surface area contributed by atoms with Gasteiger partial charge in [-0.05, 0) is 29.3 Å². The lowest BCUT2D eigenvalue weighted by Crippen LogP contribution is -2.45. The molecule has 1 aromatic carbocycles. The zero-order valence-electron chi connectivity index (χ0n) is 13.0. The summed E-state index contributed by atoms with van der Waals surface area (Å²) in [4.78, 5) is 8.63. The highest BCUT2D eigenvalue weighted by molar-refractivity contribution is 5.31. The molecule has 0 saturated carbocycles. The third kappa shape index (κ3) is 4.35. The second-order valence-electron chi connectivity index (χ2n) is 5.87. The molecule has 4 nitrogen and oxygen atoms in total. The first-order chi connectivity index (χ1) is 11.2. The topological polar surface area (TPSA) is 43.2 Å². The summed E-state index contributed by atoms with van der Waals surface area (Å²) in [6, 6.07) is 11.5. The van der Waals surface area contributed by atoms with Crippen molar-refractivity contribution in [2.24, 2.45) is 0 Å². The minimum atomic E-state index is -0.276. The van der Waals surface area contributed by atoms with E-state index in [1.807, 2.05) is 24.3 Å². The summed E-state index contributed by atoms with van der Waals surface area (Å²) in [5.74, 6) is -0.276. The summed E-state index contributed by atoms with van der Waals surface area (Å²) in [6.07, 6.45) is 2.96. The average Bonchev–Trinajstić information content (AvgIpc) is 2.57. The number of aromatic nitrogens is 1. The first-order valence-electron chi connectivity index (χ1n) is 7.76. The van der Waals surface area contributed by atoms with Gasteiger partial charge in [-0.15, -0.1) is 0 Å². The average molecular weight is 310 g/mol. The lowest BCUT2D eigenvalue weighted by molar-refractivity contribution is 0.122. The molecule has 0 unspecified atom stereocenters. The van der Waals surface area contributed by atoms with Gasteiger partial charge in [0.2, 0.25) is 0 Å². The summed E-state index contributed by atoms with van der Waals surface area (Å²) in [7, 11) is 0. The molecule has 1 aliphatic rings. The molecule has 23 heavy (non-hydrogen) atoms. The van der Waals surface area contributed by atoms with Crippen LogP contribution in [0, 0.1) is 17.1 Å². The Bertz CT molecular complexity index is 685. The summed E-state index contributed by atoms with van der Waals surface area (Å²) in [5, 5.41) is 8.82. The van der Waals surface area contributed by atoms with Gasteiger partial charge in [-0.1, -0.05) is 12.1 Å². The van der Waals surface area contributed by atoms with Crippen LogP contribution in [0.3, 0.4) is 0 Å². The SMILES string of the molecule is N#Cc1ccc(CN2CCN(Cc3cncc(F)c3)CC2)cc1. The number of halogens is 1. The molecule has 0 N–H and O–H groups in total. The van der Waals surface area contributed by atoms with Gasteiger partial charge in [-0.3, -0.25) is 14.8 Å². The molecule has 0 aliphatic carbocycles. The van der Waals surface area contributed by atoms with Gasteiger partial charge in [0, 0.05) is 45.5 Å². The number of pyridine rings is 1. The van der Waals surface area contributed by atoms with Crippen LogP contribution in [-0.2, 0) is 13.1 Å². The third-order valence-corrected chi connectivity index (χ3v) is 4.12. The molecular weight excluding hydrogens is 291 g/mol. The van der Waals surface area contributed by atoms with Crippen molar-refractivity contribution >= 4 is 0 Å². The molecule has 1 aliphatic heterocycles. The van der Waals surface area contributed by atoms with Crippen molar-refractivity contribution in [2.75, 3.05) is 26.2 Å². The van der Waals surface area contributed by atoms with E-state index in [1.165, 1.54) is 11.8 Å². The molecule has 0 spiro atoms. The third-order valence-electron chi connectivity index (χ3n) is 4.12. The van der Waals surface area contributed by atoms with Crippen molar-refractivity contribution < 1.29 is 4.39 Å². The van der Waals surface area contributed by atoms with Crippen molar-refractivity contribution in [2.45, 2.75) is 13.1 Å². The smallest absolute Gasteiger partial charge is 0.141 e. The van der Waals surface area contributed by atoms with Gasteiger partial charge in [-0.25, -0.2) is 4.39 Å². The molecule has 1 fully saturated rings. The van der Waals surface area contributed by atoms with Gasteiger partial charge in [0.1, 0.15) is 5.82 Å². The molecule has 1 saturated heterocycles. The molecular formula is C18H19FN4. The van der Waals surface area contributed by atoms with Crippen molar-refractivity contribution in [1.82, 2.24) is 14.8 Å². The highest BCUT2D eigenvalue weighted by atomic mass is 19.1. The molecule has 118 valence electrons. The molecule has 2 aromatic rings. The maximum atomic E-state index is 13.2. The number of nitrogens with zero attached hydrogens (tertiary/aromatic N) is 4. The van der Waals surface area contributed by atoms with E-state index in [2.05, 4.69) is 20.9 Å². The zero-order chi connectivity index (χ0) is 16.1. The molecule has 0 amide bonds. The largest absolute Gasteiger partial charge is 0.297 e. The number of piperazine rings is 1. The summed E-state index contributed by atoms with van der Waals surface area (Å²) >= 11 is 0. The monoisotopic (exact) mass is 310 g/mol. The van der Waals surface area contributed by atoms with E-state index in [-0.39, 0.29) is 5.82 Å². The van der Waals surface area contributed by atoms with Crippen LogP contribution >= 0.6 is 0 Å². The summed E-state index contributed by atoms with van der Waals surface area (Å²) in [6.45, 7) is 5.56. The van der Waals surface area contributed by atoms with Crippen LogP contribution in [0.25, 0.3) is 0 Å². The molecule has 0 atom stereocenters. The second kappa shape index (κ2) is 7.32. The number of hydrogen-bond donors (Lipinski definition) is 0. The van der Waals surface area contributed by atoms with Crippen LogP contribution in [0.2, 0.25) is 0 Å². The molecule has 0 bridgehead atoms. The van der Waals surface area contributed by atoms with E-state index in [1.54, 1.807) is 12.3 Å². The Morgan fingerprint density at radius 1 is 0.957 bits per heavy atom. The van der Waals surface area contributed by atoms with Crippen molar-refractivity contribution in [3.63, 3.8) is 0 Å². The number of hydrogen-bond acceptors (Lipinski definition) is 4. The Kier molecular flexibility index (Phi) is 4.96. The first kappa shape index (κ1) is 15.6. The van der Waals surface area contributed by atoms with Gasteiger partial charge in [0.25, 0.3) is 0 Å². The Morgan fingerprint density at radius 2 is 1.57 bits per heavy atom. The predicted molar refractivity (Wildman–Crippen MR) is 85.9 cm³/mol. The van der Waals surface area contributed by atoms with Crippen LogP contribution < -0.4 is 0 Å². The fraction of sp³-hybridized carbons (Fsp3) is 0.333. The Balaban J connectivity index is 1.49. The van der Waals surface area contributed by atoms with Crippen LogP contribution in [0.15, 0.2) is 42.7 Å². The molecule has 1 aromatic heterocycles. The zero-order valence-corrected chi connectivity index (χ0v) is 13.0. The van der Waals surface area contributed by atoms with E-state index in [4.69, 9.17) is 5.26 Å². The van der Waals surface area contributed by atoms with Crippen LogP contribution in [0.5, 0.6) is 0 Å². The second-order valence-corrected chi connectivity index (χ2v) is 5.87. The highest BCUT2D eigenvalue weighted by Gasteiger charge is 2.17. The van der Waals surface area contributed by atoms with Gasteiger partial charge in [-0.2, -0.15) is 5.26 Å². The molecule has 3 rings (SSSR count). The Hall–Kier alpha value is -2.29. The number of nitriles is 1. The highest BCUT2D eigenvalue weighted by Crippen LogP contribution is 2.12. The van der Waals surface area contributed by atoms with Crippen molar-refractivity contribution in [3.05, 3.63) is 65.2 Å². The minimum Gasteiger partial charge on any atom is -0.297 e. The molecule has 5 heteroatoms. The Labute approximate surface area is 135 Å². The Morgan fingerprint density at radius 3 is 2.13 bits per heavy atom. The van der Waals surface area contributed by atoms with E-state index < -0.39 is 0 Å². The first-order valence-corrected chi connectivity index (χ1v) is 7.76. The van der Waals surface area contributed by atoms with Crippen LogP contribution in [0.4, 0.5) is 4.39 Å². The standard InChI is InChI=1S/C18H19FN4/c19-18-9-17(11-21-12-18)14-23-7-5-22(6-8-23)13-16-3-1-15(10-20)2-4-16/h1-4,9,11-12H,5-8,13-14H2. The fourth-order valence-corrected chi connectivity index (χ4v) is 2.85. The predicted octanol–water partition coefficient (Wildman–Crippen LogP) is 2.41. The normalized spacial score (nSPS) is 16.2. The van der Waals surface area contributed by atoms with E-state index in [0.29, 0.717) is 5.56 Å². The van der Waals surface area contributed by atoms with Crippen LogP contribution in [0.1, 0.15) is 16.7 Å². The van der Waals surface area contributed by atoms with Crippen molar-refractivity contribution in [1.29, 1.82) is 5.26 Å². The number of rotatable bonds is 4. The summed E-state index contributed by atoms with van der Waals surface area (Å²) in [5.41, 5.74) is 2.85. The number of benzene rings is 1. The minimum absolute atomic E-state index is 0.276. The van der Waals surface area contributed by atoms with Crippen LogP contribution in [-0.4, -0.2) is 41.0 Å².